The van der Waals surface area contributed by atoms with Gasteiger partial charge in [-0.05, 0) is 31.4 Å². The van der Waals surface area contributed by atoms with Gasteiger partial charge in [-0.3, -0.25) is 4.79 Å². The van der Waals surface area contributed by atoms with Gasteiger partial charge in [0.05, 0.1) is 5.69 Å². The average molecular weight is 279 g/mol. The average Bonchev–Trinajstić information content (AvgIpc) is 2.38. The van der Waals surface area contributed by atoms with E-state index in [1.807, 2.05) is 0 Å². The predicted molar refractivity (Wildman–Crippen MR) is 70.5 cm³/mol. The minimum Gasteiger partial charge on any atom is -0.409 e. The normalized spacial score (nSPS) is 15.8. The van der Waals surface area contributed by atoms with Crippen LogP contribution in [-0.2, 0) is 4.74 Å². The molecule has 2 amide bonds. The number of nitrogens with two attached hydrogens (primary N) is 2. The highest BCUT2D eigenvalue weighted by Crippen LogP contribution is 2.33. The van der Waals surface area contributed by atoms with Gasteiger partial charge in [0.15, 0.2) is 5.75 Å². The van der Waals surface area contributed by atoms with E-state index >= 15 is 0 Å². The number of nitrogens with zero attached hydrogens (tertiary/aromatic N) is 1. The first-order chi connectivity index (χ1) is 9.49. The van der Waals surface area contributed by atoms with Crippen molar-refractivity contribution in [2.45, 2.75) is 25.7 Å². The molecule has 4 N–H and O–H groups in total. The van der Waals surface area contributed by atoms with Crippen LogP contribution in [0.15, 0.2) is 6.07 Å². The van der Waals surface area contributed by atoms with Crippen molar-refractivity contribution in [2.75, 3.05) is 13.2 Å². The minimum absolute atomic E-state index is 0.0526. The zero-order valence-electron chi connectivity index (χ0n) is 11.2. The smallest absolute Gasteiger partial charge is 0.409 e. The predicted octanol–water partition coefficient (Wildman–Crippen LogP) is 0.840. The van der Waals surface area contributed by atoms with Crippen molar-refractivity contribution in [3.63, 3.8) is 0 Å². The van der Waals surface area contributed by atoms with Gasteiger partial charge in [-0.2, -0.15) is 0 Å². The molecule has 0 atom stereocenters. The number of pyridine rings is 1. The van der Waals surface area contributed by atoms with Crippen molar-refractivity contribution in [3.8, 4) is 5.75 Å². The number of hydrogen-bond donors (Lipinski definition) is 2. The van der Waals surface area contributed by atoms with Crippen molar-refractivity contribution < 1.29 is 19.1 Å². The van der Waals surface area contributed by atoms with E-state index in [1.54, 1.807) is 13.0 Å². The number of primary amides is 2. The van der Waals surface area contributed by atoms with Crippen molar-refractivity contribution in [1.82, 2.24) is 4.98 Å². The van der Waals surface area contributed by atoms with Crippen LogP contribution in [0.1, 0.15) is 40.5 Å². The number of aromatic nitrogens is 1. The maximum absolute atomic E-state index is 11.4. The van der Waals surface area contributed by atoms with E-state index in [4.69, 9.17) is 20.9 Å². The Kier molecular flexibility index (Phi) is 4.19. The molecule has 1 aromatic rings. The van der Waals surface area contributed by atoms with E-state index in [0.717, 1.165) is 12.8 Å². The molecule has 2 heterocycles. The Balaban J connectivity index is 2.45. The van der Waals surface area contributed by atoms with Gasteiger partial charge in [-0.25, -0.2) is 9.78 Å². The summed E-state index contributed by atoms with van der Waals surface area (Å²) in [6, 6.07) is 1.57. The van der Waals surface area contributed by atoms with E-state index in [0.29, 0.717) is 24.5 Å². The van der Waals surface area contributed by atoms with Crippen LogP contribution in [0.4, 0.5) is 4.79 Å². The lowest BCUT2D eigenvalue weighted by Gasteiger charge is -2.23. The first-order valence-electron chi connectivity index (χ1n) is 6.35. The molecule has 2 rings (SSSR count). The van der Waals surface area contributed by atoms with Crippen LogP contribution in [0.3, 0.4) is 0 Å². The largest absolute Gasteiger partial charge is 0.410 e. The summed E-state index contributed by atoms with van der Waals surface area (Å²) < 4.78 is 10.3. The van der Waals surface area contributed by atoms with Crippen LogP contribution in [0.5, 0.6) is 5.75 Å². The van der Waals surface area contributed by atoms with Crippen LogP contribution in [0.2, 0.25) is 0 Å². The molecule has 0 aliphatic carbocycles. The summed E-state index contributed by atoms with van der Waals surface area (Å²) in [6.45, 7) is 2.87. The topological polar surface area (TPSA) is 118 Å². The summed E-state index contributed by atoms with van der Waals surface area (Å²) >= 11 is 0. The van der Waals surface area contributed by atoms with Crippen LogP contribution >= 0.6 is 0 Å². The van der Waals surface area contributed by atoms with E-state index in [-0.39, 0.29) is 17.4 Å². The van der Waals surface area contributed by atoms with Gasteiger partial charge in [0.25, 0.3) is 5.91 Å². The lowest BCUT2D eigenvalue weighted by molar-refractivity contribution is 0.0838. The third-order valence-corrected chi connectivity index (χ3v) is 3.26. The van der Waals surface area contributed by atoms with E-state index in [9.17, 15) is 9.59 Å². The summed E-state index contributed by atoms with van der Waals surface area (Å²) in [4.78, 5) is 26.7. The number of hydrogen-bond acceptors (Lipinski definition) is 5. The Morgan fingerprint density at radius 3 is 2.55 bits per heavy atom. The van der Waals surface area contributed by atoms with Crippen molar-refractivity contribution in [3.05, 3.63) is 23.0 Å². The highest BCUT2D eigenvalue weighted by atomic mass is 16.5. The zero-order valence-corrected chi connectivity index (χ0v) is 11.2. The summed E-state index contributed by atoms with van der Waals surface area (Å²) in [5, 5.41) is 0. The Bertz CT molecular complexity index is 539. The second-order valence-corrected chi connectivity index (χ2v) is 4.71. The molecule has 1 aromatic heterocycles. The van der Waals surface area contributed by atoms with Crippen molar-refractivity contribution in [1.29, 1.82) is 0 Å². The van der Waals surface area contributed by atoms with Gasteiger partial charge >= 0.3 is 6.09 Å². The molecule has 7 heteroatoms. The first-order valence-corrected chi connectivity index (χ1v) is 6.35. The molecule has 108 valence electrons. The summed E-state index contributed by atoms with van der Waals surface area (Å²) in [5.41, 5.74) is 11.6. The van der Waals surface area contributed by atoms with Crippen molar-refractivity contribution >= 4 is 12.0 Å². The quantitative estimate of drug-likeness (QED) is 0.850. The first kappa shape index (κ1) is 14.3. The number of carbonyl (C=O) groups excluding carboxylic acids is 2. The molecule has 0 spiro atoms. The third kappa shape index (κ3) is 3.05. The third-order valence-electron chi connectivity index (χ3n) is 3.26. The minimum atomic E-state index is -0.911. The second kappa shape index (κ2) is 5.87. The molecule has 7 nitrogen and oxygen atoms in total. The van der Waals surface area contributed by atoms with Gasteiger partial charge in [0.2, 0.25) is 0 Å². The number of carbonyl (C=O) groups is 2. The molecule has 1 aliphatic rings. The Labute approximate surface area is 116 Å². The summed E-state index contributed by atoms with van der Waals surface area (Å²) in [5.74, 6) is -0.273. The van der Waals surface area contributed by atoms with Crippen molar-refractivity contribution in [2.24, 2.45) is 11.5 Å². The van der Waals surface area contributed by atoms with Gasteiger partial charge in [-0.1, -0.05) is 0 Å². The maximum atomic E-state index is 11.4. The maximum Gasteiger partial charge on any atom is 0.410 e. The van der Waals surface area contributed by atoms with Gasteiger partial charge in [0, 0.05) is 19.1 Å². The van der Waals surface area contributed by atoms with Gasteiger partial charge in [-0.15, -0.1) is 0 Å². The van der Waals surface area contributed by atoms with E-state index < -0.39 is 12.0 Å². The fraction of sp³-hybridized carbons (Fsp3) is 0.462. The lowest BCUT2D eigenvalue weighted by atomic mass is 9.94. The van der Waals surface area contributed by atoms with Crippen LogP contribution in [0, 0.1) is 6.92 Å². The highest BCUT2D eigenvalue weighted by molar-refractivity contribution is 5.92. The van der Waals surface area contributed by atoms with Gasteiger partial charge < -0.3 is 20.9 Å². The zero-order chi connectivity index (χ0) is 14.7. The fourth-order valence-corrected chi connectivity index (χ4v) is 2.31. The Hall–Kier alpha value is -2.15. The van der Waals surface area contributed by atoms with Gasteiger partial charge in [0.1, 0.15) is 5.69 Å². The lowest BCUT2D eigenvalue weighted by Crippen LogP contribution is -2.23. The molecule has 0 saturated carbocycles. The molecule has 1 aliphatic heterocycles. The molecule has 0 aromatic carbocycles. The summed E-state index contributed by atoms with van der Waals surface area (Å²) in [7, 11) is 0. The number of aryl methyl sites for hydroxylation is 1. The second-order valence-electron chi connectivity index (χ2n) is 4.71. The highest BCUT2D eigenvalue weighted by Gasteiger charge is 2.24. The molecule has 0 radical (unpaired) electrons. The molecule has 1 fully saturated rings. The summed E-state index contributed by atoms with van der Waals surface area (Å²) in [6.07, 6.45) is 0.568. The standard InChI is InChI=1S/C13H17N3O4/c1-7-6-9(20-13(15)18)11(16-10(7)12(14)17)8-2-4-19-5-3-8/h6,8H,2-5H2,1H3,(H2,14,17)(H2,15,18). The number of amides is 2. The number of rotatable bonds is 3. The molecular formula is C13H17N3O4. The van der Waals surface area contributed by atoms with Crippen LogP contribution in [-0.4, -0.2) is 30.2 Å². The van der Waals surface area contributed by atoms with E-state index in [2.05, 4.69) is 4.98 Å². The van der Waals surface area contributed by atoms with Crippen LogP contribution < -0.4 is 16.2 Å². The molecular weight excluding hydrogens is 262 g/mol. The fourth-order valence-electron chi connectivity index (χ4n) is 2.31. The number of ether oxygens (including phenoxy) is 2. The molecule has 20 heavy (non-hydrogen) atoms. The molecule has 0 bridgehead atoms. The Morgan fingerprint density at radius 1 is 1.35 bits per heavy atom. The molecule has 0 unspecified atom stereocenters. The van der Waals surface area contributed by atoms with E-state index in [1.165, 1.54) is 0 Å². The SMILES string of the molecule is Cc1cc(OC(N)=O)c(C2CCOCC2)nc1C(N)=O. The Morgan fingerprint density at radius 2 is 2.00 bits per heavy atom. The van der Waals surface area contributed by atoms with Crippen LogP contribution in [0.25, 0.3) is 0 Å². The monoisotopic (exact) mass is 279 g/mol. The molecule has 1 saturated heterocycles.